The first-order valence-electron chi connectivity index (χ1n) is 6.18. The molecule has 2 atom stereocenters. The van der Waals surface area contributed by atoms with Gasteiger partial charge in [-0.1, -0.05) is 6.07 Å². The standard InChI is InChI=1S/C13H18N2O2/c1-14-13(10-3-2-6-15-10)9-4-5-11-12(7-9)17-8-16-11/h4-5,7,10,13-15H,2-3,6,8H2,1H3. The summed E-state index contributed by atoms with van der Waals surface area (Å²) in [5, 5.41) is 6.93. The molecule has 2 aliphatic heterocycles. The van der Waals surface area contributed by atoms with Crippen molar-refractivity contribution in [3.63, 3.8) is 0 Å². The summed E-state index contributed by atoms with van der Waals surface area (Å²) in [4.78, 5) is 0. The second-order valence-electron chi connectivity index (χ2n) is 4.58. The SMILES string of the molecule is CNC(c1ccc2c(c1)OCO2)C1CCCN1. The summed E-state index contributed by atoms with van der Waals surface area (Å²) < 4.78 is 10.8. The molecule has 0 bridgehead atoms. The van der Waals surface area contributed by atoms with Crippen molar-refractivity contribution in [3.05, 3.63) is 23.8 Å². The molecule has 1 aromatic rings. The van der Waals surface area contributed by atoms with Crippen LogP contribution in [0, 0.1) is 0 Å². The van der Waals surface area contributed by atoms with E-state index in [1.54, 1.807) is 0 Å². The highest BCUT2D eigenvalue weighted by Gasteiger charge is 2.26. The smallest absolute Gasteiger partial charge is 0.231 e. The molecule has 3 rings (SSSR count). The zero-order chi connectivity index (χ0) is 11.7. The van der Waals surface area contributed by atoms with E-state index in [0.717, 1.165) is 18.0 Å². The number of fused-ring (bicyclic) bond motifs is 1. The second-order valence-corrected chi connectivity index (χ2v) is 4.58. The first-order valence-corrected chi connectivity index (χ1v) is 6.18. The van der Waals surface area contributed by atoms with Gasteiger partial charge in [0.2, 0.25) is 6.79 Å². The summed E-state index contributed by atoms with van der Waals surface area (Å²) in [5.41, 5.74) is 1.26. The van der Waals surface area contributed by atoms with Gasteiger partial charge in [-0.05, 0) is 44.1 Å². The van der Waals surface area contributed by atoms with E-state index < -0.39 is 0 Å². The Bertz CT molecular complexity index is 402. The number of ether oxygens (including phenoxy) is 2. The van der Waals surface area contributed by atoms with Crippen molar-refractivity contribution in [2.24, 2.45) is 0 Å². The fraction of sp³-hybridized carbons (Fsp3) is 0.538. The Morgan fingerprint density at radius 2 is 2.24 bits per heavy atom. The number of likely N-dealkylation sites (N-methyl/N-ethyl adjacent to an activating group) is 1. The molecule has 0 radical (unpaired) electrons. The molecule has 2 N–H and O–H groups in total. The Labute approximate surface area is 101 Å². The van der Waals surface area contributed by atoms with E-state index in [-0.39, 0.29) is 0 Å². The molecule has 2 heterocycles. The molecule has 1 saturated heterocycles. The molecule has 4 nitrogen and oxygen atoms in total. The molecule has 0 spiro atoms. The van der Waals surface area contributed by atoms with Gasteiger partial charge in [-0.3, -0.25) is 0 Å². The lowest BCUT2D eigenvalue weighted by Crippen LogP contribution is -2.36. The minimum Gasteiger partial charge on any atom is -0.454 e. The van der Waals surface area contributed by atoms with Gasteiger partial charge in [0.1, 0.15) is 0 Å². The summed E-state index contributed by atoms with van der Waals surface area (Å²) in [5.74, 6) is 1.71. The molecule has 0 aliphatic carbocycles. The Balaban J connectivity index is 1.85. The van der Waals surface area contributed by atoms with Crippen LogP contribution in [-0.4, -0.2) is 26.4 Å². The number of benzene rings is 1. The number of hydrogen-bond donors (Lipinski definition) is 2. The lowest BCUT2D eigenvalue weighted by Gasteiger charge is -2.23. The maximum atomic E-state index is 5.43. The highest BCUT2D eigenvalue weighted by atomic mass is 16.7. The Morgan fingerprint density at radius 3 is 3.00 bits per heavy atom. The molecule has 1 aromatic carbocycles. The van der Waals surface area contributed by atoms with Crippen LogP contribution < -0.4 is 20.1 Å². The fourth-order valence-corrected chi connectivity index (χ4v) is 2.70. The van der Waals surface area contributed by atoms with Crippen LogP contribution in [0.1, 0.15) is 24.4 Å². The van der Waals surface area contributed by atoms with E-state index in [1.165, 1.54) is 18.4 Å². The Hall–Kier alpha value is -1.26. The van der Waals surface area contributed by atoms with Gasteiger partial charge in [0.25, 0.3) is 0 Å². The Morgan fingerprint density at radius 1 is 1.35 bits per heavy atom. The van der Waals surface area contributed by atoms with Crippen molar-refractivity contribution in [3.8, 4) is 11.5 Å². The van der Waals surface area contributed by atoms with Crippen molar-refractivity contribution in [1.29, 1.82) is 0 Å². The van der Waals surface area contributed by atoms with Gasteiger partial charge >= 0.3 is 0 Å². The van der Waals surface area contributed by atoms with Gasteiger partial charge in [-0.2, -0.15) is 0 Å². The van der Waals surface area contributed by atoms with Gasteiger partial charge in [0, 0.05) is 12.1 Å². The zero-order valence-corrected chi connectivity index (χ0v) is 10.0. The lowest BCUT2D eigenvalue weighted by atomic mass is 9.98. The van der Waals surface area contributed by atoms with E-state index in [9.17, 15) is 0 Å². The third kappa shape index (κ3) is 1.98. The van der Waals surface area contributed by atoms with Crippen LogP contribution in [0.2, 0.25) is 0 Å². The molecular weight excluding hydrogens is 216 g/mol. The van der Waals surface area contributed by atoms with Gasteiger partial charge < -0.3 is 20.1 Å². The van der Waals surface area contributed by atoms with Crippen LogP contribution in [0.3, 0.4) is 0 Å². The monoisotopic (exact) mass is 234 g/mol. The molecule has 2 unspecified atom stereocenters. The highest BCUT2D eigenvalue weighted by molar-refractivity contribution is 5.45. The second kappa shape index (κ2) is 4.55. The topological polar surface area (TPSA) is 42.5 Å². The molecule has 17 heavy (non-hydrogen) atoms. The predicted molar refractivity (Wildman–Crippen MR) is 65.4 cm³/mol. The largest absolute Gasteiger partial charge is 0.454 e. The first kappa shape index (κ1) is 10.9. The highest BCUT2D eigenvalue weighted by Crippen LogP contribution is 2.35. The zero-order valence-electron chi connectivity index (χ0n) is 10.0. The molecule has 0 aromatic heterocycles. The molecule has 0 amide bonds. The van der Waals surface area contributed by atoms with Crippen molar-refractivity contribution < 1.29 is 9.47 Å². The Kier molecular flexibility index (Phi) is 2.91. The molecule has 92 valence electrons. The van der Waals surface area contributed by atoms with E-state index in [0.29, 0.717) is 18.9 Å². The maximum absolute atomic E-state index is 5.43. The lowest BCUT2D eigenvalue weighted by molar-refractivity contribution is 0.174. The summed E-state index contributed by atoms with van der Waals surface area (Å²) in [7, 11) is 2.01. The summed E-state index contributed by atoms with van der Waals surface area (Å²) in [6.45, 7) is 1.46. The molecular formula is C13H18N2O2. The van der Waals surface area contributed by atoms with Gasteiger partial charge in [-0.25, -0.2) is 0 Å². The van der Waals surface area contributed by atoms with E-state index in [2.05, 4.69) is 22.8 Å². The number of nitrogens with one attached hydrogen (secondary N) is 2. The number of hydrogen-bond acceptors (Lipinski definition) is 4. The van der Waals surface area contributed by atoms with Crippen LogP contribution >= 0.6 is 0 Å². The quantitative estimate of drug-likeness (QED) is 0.830. The van der Waals surface area contributed by atoms with Gasteiger partial charge in [0.15, 0.2) is 11.5 Å². The molecule has 0 saturated carbocycles. The van der Waals surface area contributed by atoms with Crippen LogP contribution in [0.25, 0.3) is 0 Å². The maximum Gasteiger partial charge on any atom is 0.231 e. The van der Waals surface area contributed by atoms with Crippen molar-refractivity contribution >= 4 is 0 Å². The van der Waals surface area contributed by atoms with E-state index in [4.69, 9.17) is 9.47 Å². The van der Waals surface area contributed by atoms with Crippen molar-refractivity contribution in [1.82, 2.24) is 10.6 Å². The summed E-state index contributed by atoms with van der Waals surface area (Å²) in [6.07, 6.45) is 2.48. The van der Waals surface area contributed by atoms with Crippen LogP contribution in [0.4, 0.5) is 0 Å². The van der Waals surface area contributed by atoms with E-state index in [1.807, 2.05) is 13.1 Å². The fourth-order valence-electron chi connectivity index (χ4n) is 2.70. The van der Waals surface area contributed by atoms with Crippen LogP contribution in [-0.2, 0) is 0 Å². The average Bonchev–Trinajstić information content (AvgIpc) is 2.99. The van der Waals surface area contributed by atoms with Gasteiger partial charge in [0.05, 0.1) is 0 Å². The van der Waals surface area contributed by atoms with Crippen LogP contribution in [0.15, 0.2) is 18.2 Å². The van der Waals surface area contributed by atoms with Crippen LogP contribution in [0.5, 0.6) is 11.5 Å². The van der Waals surface area contributed by atoms with E-state index >= 15 is 0 Å². The minimum atomic E-state index is 0.338. The molecule has 1 fully saturated rings. The van der Waals surface area contributed by atoms with Crippen molar-refractivity contribution in [2.45, 2.75) is 24.9 Å². The number of rotatable bonds is 3. The third-order valence-corrected chi connectivity index (χ3v) is 3.57. The molecule has 4 heteroatoms. The summed E-state index contributed by atoms with van der Waals surface area (Å²) in [6, 6.07) is 7.06. The predicted octanol–water partition coefficient (Wildman–Crippen LogP) is 1.43. The summed E-state index contributed by atoms with van der Waals surface area (Å²) >= 11 is 0. The molecule has 2 aliphatic rings. The van der Waals surface area contributed by atoms with Gasteiger partial charge in [-0.15, -0.1) is 0 Å². The first-order chi connectivity index (χ1) is 8.38. The minimum absolute atomic E-state index is 0.338. The normalized spacial score (nSPS) is 23.9. The average molecular weight is 234 g/mol. The van der Waals surface area contributed by atoms with Crippen molar-refractivity contribution in [2.75, 3.05) is 20.4 Å². The third-order valence-electron chi connectivity index (χ3n) is 3.57.